The van der Waals surface area contributed by atoms with E-state index in [0.29, 0.717) is 0 Å². The van der Waals surface area contributed by atoms with E-state index < -0.39 is 0 Å². The molecule has 84 valence electrons. The molecule has 2 aromatic rings. The Morgan fingerprint density at radius 3 is 2.35 bits per heavy atom. The summed E-state index contributed by atoms with van der Waals surface area (Å²) < 4.78 is 5.55. The van der Waals surface area contributed by atoms with Gasteiger partial charge in [-0.15, -0.1) is 6.42 Å². The second-order valence-corrected chi connectivity index (χ2v) is 3.80. The monoisotopic (exact) mass is 222 g/mol. The lowest BCUT2D eigenvalue weighted by atomic mass is 10.00. The van der Waals surface area contributed by atoms with Gasteiger partial charge in [-0.25, -0.2) is 0 Å². The van der Waals surface area contributed by atoms with Crippen LogP contribution in [0.1, 0.15) is 22.8 Å². The van der Waals surface area contributed by atoms with Crippen molar-refractivity contribution in [2.45, 2.75) is 6.10 Å². The molecule has 2 aromatic carbocycles. The Kier molecular flexibility index (Phi) is 3.59. The molecule has 0 aromatic heterocycles. The fourth-order valence-electron chi connectivity index (χ4n) is 1.88. The molecule has 1 heteroatoms. The minimum atomic E-state index is -0.0653. The number of hydrogen-bond donors (Lipinski definition) is 0. The molecule has 0 bridgehead atoms. The molecule has 0 fully saturated rings. The lowest BCUT2D eigenvalue weighted by molar-refractivity contribution is 0.136. The maximum absolute atomic E-state index is 5.55. The van der Waals surface area contributed by atoms with Gasteiger partial charge in [-0.05, 0) is 23.3 Å². The molecule has 0 aliphatic carbocycles. The minimum Gasteiger partial charge on any atom is -0.372 e. The molecule has 0 saturated heterocycles. The average molecular weight is 222 g/mol. The van der Waals surface area contributed by atoms with Crippen LogP contribution in [0.5, 0.6) is 0 Å². The molecule has 1 atom stereocenters. The molecule has 0 heterocycles. The highest BCUT2D eigenvalue weighted by atomic mass is 16.5. The quantitative estimate of drug-likeness (QED) is 0.723. The number of ether oxygens (including phenoxy) is 1. The molecule has 0 spiro atoms. The van der Waals surface area contributed by atoms with Gasteiger partial charge in [-0.3, -0.25) is 0 Å². The van der Waals surface area contributed by atoms with Gasteiger partial charge in [-0.1, -0.05) is 48.4 Å². The van der Waals surface area contributed by atoms with Gasteiger partial charge in [0.25, 0.3) is 0 Å². The Morgan fingerprint density at radius 1 is 1.00 bits per heavy atom. The zero-order chi connectivity index (χ0) is 12.1. The van der Waals surface area contributed by atoms with Crippen molar-refractivity contribution in [2.24, 2.45) is 0 Å². The van der Waals surface area contributed by atoms with Crippen LogP contribution in [0.3, 0.4) is 0 Å². The molecule has 1 nitrogen and oxygen atoms in total. The van der Waals surface area contributed by atoms with Crippen LogP contribution in [0.25, 0.3) is 0 Å². The third kappa shape index (κ3) is 2.55. The molecule has 0 aliphatic heterocycles. The molecule has 0 N–H and O–H groups in total. The van der Waals surface area contributed by atoms with Gasteiger partial charge in [0.2, 0.25) is 0 Å². The predicted octanol–water partition coefficient (Wildman–Crippen LogP) is 3.40. The summed E-state index contributed by atoms with van der Waals surface area (Å²) in [6, 6.07) is 18.0. The summed E-state index contributed by atoms with van der Waals surface area (Å²) in [7, 11) is 1.71. The van der Waals surface area contributed by atoms with Crippen LogP contribution < -0.4 is 0 Å². The van der Waals surface area contributed by atoms with E-state index in [9.17, 15) is 0 Å². The van der Waals surface area contributed by atoms with Crippen LogP contribution in [0, 0.1) is 12.3 Å². The van der Waals surface area contributed by atoms with Crippen LogP contribution in [0.15, 0.2) is 54.6 Å². The largest absolute Gasteiger partial charge is 0.372 e. The van der Waals surface area contributed by atoms with Gasteiger partial charge < -0.3 is 4.74 Å². The molecular formula is C16H14O. The Bertz CT molecular complexity index is 523. The van der Waals surface area contributed by atoms with Crippen molar-refractivity contribution in [3.8, 4) is 12.3 Å². The lowest BCUT2D eigenvalue weighted by Gasteiger charge is -2.16. The van der Waals surface area contributed by atoms with E-state index in [1.807, 2.05) is 42.5 Å². The molecule has 0 radical (unpaired) electrons. The zero-order valence-corrected chi connectivity index (χ0v) is 9.76. The first kappa shape index (κ1) is 11.4. The molecular weight excluding hydrogens is 208 g/mol. The van der Waals surface area contributed by atoms with Crippen LogP contribution in [0.2, 0.25) is 0 Å². The third-order valence-electron chi connectivity index (χ3n) is 2.69. The lowest BCUT2D eigenvalue weighted by Crippen LogP contribution is -2.03. The number of terminal acetylenes is 1. The summed E-state index contributed by atoms with van der Waals surface area (Å²) >= 11 is 0. The topological polar surface area (TPSA) is 9.23 Å². The first-order chi connectivity index (χ1) is 8.35. The maximum atomic E-state index is 5.55. The number of hydrogen-bond acceptors (Lipinski definition) is 1. The Morgan fingerprint density at radius 2 is 1.71 bits per heavy atom. The van der Waals surface area contributed by atoms with Crippen molar-refractivity contribution in [2.75, 3.05) is 7.11 Å². The SMILES string of the molecule is C#Cc1cccc(C(OC)c2ccccc2)c1. The van der Waals surface area contributed by atoms with Crippen molar-refractivity contribution in [3.63, 3.8) is 0 Å². The second-order valence-electron chi connectivity index (χ2n) is 3.80. The van der Waals surface area contributed by atoms with E-state index in [-0.39, 0.29) is 6.10 Å². The molecule has 0 saturated carbocycles. The Balaban J connectivity index is 2.39. The summed E-state index contributed by atoms with van der Waals surface area (Å²) in [4.78, 5) is 0. The van der Waals surface area contributed by atoms with Crippen molar-refractivity contribution in [1.82, 2.24) is 0 Å². The molecule has 2 rings (SSSR count). The minimum absolute atomic E-state index is 0.0653. The van der Waals surface area contributed by atoms with Crippen LogP contribution in [-0.2, 0) is 4.74 Å². The normalized spacial score (nSPS) is 11.8. The average Bonchev–Trinajstić information content (AvgIpc) is 2.41. The first-order valence-corrected chi connectivity index (χ1v) is 5.49. The van der Waals surface area contributed by atoms with Gasteiger partial charge in [-0.2, -0.15) is 0 Å². The van der Waals surface area contributed by atoms with Crippen molar-refractivity contribution in [1.29, 1.82) is 0 Å². The Hall–Kier alpha value is -2.04. The van der Waals surface area contributed by atoms with Crippen molar-refractivity contribution >= 4 is 0 Å². The van der Waals surface area contributed by atoms with Crippen molar-refractivity contribution in [3.05, 3.63) is 71.3 Å². The molecule has 1 unspecified atom stereocenters. The van der Waals surface area contributed by atoms with E-state index in [0.717, 1.165) is 16.7 Å². The summed E-state index contributed by atoms with van der Waals surface area (Å²) in [5.74, 6) is 2.64. The summed E-state index contributed by atoms with van der Waals surface area (Å²) in [6.45, 7) is 0. The summed E-state index contributed by atoms with van der Waals surface area (Å²) in [6.07, 6.45) is 5.34. The number of methoxy groups -OCH3 is 1. The van der Waals surface area contributed by atoms with Gasteiger partial charge in [0.05, 0.1) is 0 Å². The van der Waals surface area contributed by atoms with Crippen LogP contribution in [-0.4, -0.2) is 7.11 Å². The van der Waals surface area contributed by atoms with Gasteiger partial charge in [0, 0.05) is 12.7 Å². The molecule has 0 amide bonds. The van der Waals surface area contributed by atoms with E-state index in [1.165, 1.54) is 0 Å². The maximum Gasteiger partial charge on any atom is 0.107 e. The fourth-order valence-corrected chi connectivity index (χ4v) is 1.88. The number of rotatable bonds is 3. The summed E-state index contributed by atoms with van der Waals surface area (Å²) in [5.41, 5.74) is 3.08. The predicted molar refractivity (Wildman–Crippen MR) is 69.7 cm³/mol. The standard InChI is InChI=1S/C16H14O/c1-3-13-8-7-11-15(12-13)16(17-2)14-9-5-4-6-10-14/h1,4-12,16H,2H3. The molecule has 0 aliphatic rings. The summed E-state index contributed by atoms with van der Waals surface area (Å²) in [5, 5.41) is 0. The van der Waals surface area contributed by atoms with Crippen LogP contribution in [0.4, 0.5) is 0 Å². The van der Waals surface area contributed by atoms with E-state index in [4.69, 9.17) is 11.2 Å². The van der Waals surface area contributed by atoms with Crippen LogP contribution >= 0.6 is 0 Å². The van der Waals surface area contributed by atoms with E-state index in [1.54, 1.807) is 7.11 Å². The smallest absolute Gasteiger partial charge is 0.107 e. The fraction of sp³-hybridized carbons (Fsp3) is 0.125. The second kappa shape index (κ2) is 5.34. The first-order valence-electron chi connectivity index (χ1n) is 5.49. The van der Waals surface area contributed by atoms with Gasteiger partial charge in [0.15, 0.2) is 0 Å². The van der Waals surface area contributed by atoms with Gasteiger partial charge >= 0.3 is 0 Å². The van der Waals surface area contributed by atoms with E-state index >= 15 is 0 Å². The number of benzene rings is 2. The van der Waals surface area contributed by atoms with Crippen molar-refractivity contribution < 1.29 is 4.74 Å². The highest BCUT2D eigenvalue weighted by Gasteiger charge is 2.12. The highest BCUT2D eigenvalue weighted by molar-refractivity contribution is 5.39. The molecule has 17 heavy (non-hydrogen) atoms. The highest BCUT2D eigenvalue weighted by Crippen LogP contribution is 2.25. The Labute approximate surface area is 102 Å². The zero-order valence-electron chi connectivity index (χ0n) is 9.76. The van der Waals surface area contributed by atoms with E-state index in [2.05, 4.69) is 18.1 Å². The third-order valence-corrected chi connectivity index (χ3v) is 2.69. The van der Waals surface area contributed by atoms with Gasteiger partial charge in [0.1, 0.15) is 6.10 Å².